The molecule has 0 aromatic rings. The molecule has 4 atom stereocenters. The number of ether oxygens (including phenoxy) is 1. The Kier molecular flexibility index (Phi) is 5.13. The van der Waals surface area contributed by atoms with Gasteiger partial charge in [-0.3, -0.25) is 4.79 Å². The van der Waals surface area contributed by atoms with Gasteiger partial charge in [-0.1, -0.05) is 0 Å². The van der Waals surface area contributed by atoms with E-state index < -0.39 is 30.7 Å². The predicted molar refractivity (Wildman–Crippen MR) is 43.1 cm³/mol. The highest BCUT2D eigenvalue weighted by Crippen LogP contribution is 2.14. The molecular formula is C7H14O7. The van der Waals surface area contributed by atoms with Crippen LogP contribution in [0.4, 0.5) is 0 Å². The predicted octanol–water partition coefficient (Wildman–Crippen LogP) is -3.40. The van der Waals surface area contributed by atoms with Crippen LogP contribution in [-0.2, 0) is 9.53 Å². The van der Waals surface area contributed by atoms with Gasteiger partial charge in [0.2, 0.25) is 0 Å². The van der Waals surface area contributed by atoms with Crippen molar-refractivity contribution in [1.29, 1.82) is 0 Å². The number of carbonyl (C=O) groups excluding carboxylic acids is 1. The highest BCUT2D eigenvalue weighted by atomic mass is 16.6. The van der Waals surface area contributed by atoms with E-state index in [4.69, 9.17) is 15.3 Å². The lowest BCUT2D eigenvalue weighted by Gasteiger charge is -2.30. The minimum Gasteiger partial charge on any atom is -0.394 e. The normalized spacial score (nSPS) is 22.1. The van der Waals surface area contributed by atoms with Crippen molar-refractivity contribution in [1.82, 2.24) is 0 Å². The highest BCUT2D eigenvalue weighted by Gasteiger charge is 2.42. The number of carbonyl (C=O) groups is 1. The van der Waals surface area contributed by atoms with Crippen molar-refractivity contribution in [2.24, 2.45) is 0 Å². The van der Waals surface area contributed by atoms with Gasteiger partial charge in [-0.15, -0.1) is 0 Å². The van der Waals surface area contributed by atoms with Crippen LogP contribution in [0, 0.1) is 0 Å². The van der Waals surface area contributed by atoms with Gasteiger partial charge in [-0.05, 0) is 0 Å². The Morgan fingerprint density at radius 1 is 1.43 bits per heavy atom. The fraction of sp³-hybridized carbons (Fsp3) is 0.857. The molecule has 0 aliphatic rings. The van der Waals surface area contributed by atoms with Gasteiger partial charge in [0.05, 0.1) is 6.61 Å². The molecule has 0 radical (unpaired) electrons. The molecule has 5 N–H and O–H groups in total. The number of hydrogen-bond donors (Lipinski definition) is 5. The van der Waals surface area contributed by atoms with E-state index in [0.29, 0.717) is 0 Å². The number of methoxy groups -OCH3 is 1. The van der Waals surface area contributed by atoms with Crippen LogP contribution in [0.25, 0.3) is 0 Å². The molecule has 0 aliphatic carbocycles. The summed E-state index contributed by atoms with van der Waals surface area (Å²) in [4.78, 5) is 10.3. The monoisotopic (exact) mass is 210 g/mol. The fourth-order valence-electron chi connectivity index (χ4n) is 0.802. The highest BCUT2D eigenvalue weighted by molar-refractivity contribution is 5.61. The van der Waals surface area contributed by atoms with Crippen LogP contribution in [0.3, 0.4) is 0 Å². The second-order valence-electron chi connectivity index (χ2n) is 2.76. The third kappa shape index (κ3) is 2.71. The summed E-state index contributed by atoms with van der Waals surface area (Å²) < 4.78 is 4.25. The van der Waals surface area contributed by atoms with Crippen molar-refractivity contribution in [3.8, 4) is 0 Å². The zero-order chi connectivity index (χ0) is 11.4. The van der Waals surface area contributed by atoms with Gasteiger partial charge in [0, 0.05) is 7.11 Å². The van der Waals surface area contributed by atoms with Crippen molar-refractivity contribution in [2.75, 3.05) is 13.7 Å². The molecule has 0 aliphatic heterocycles. The van der Waals surface area contributed by atoms with E-state index in [9.17, 15) is 15.0 Å². The summed E-state index contributed by atoms with van der Waals surface area (Å²) in [7, 11) is 0.940. The Balaban J connectivity index is 4.57. The Morgan fingerprint density at radius 2 is 1.93 bits per heavy atom. The standard InChI is InChI=1S/C7H14O7/c1-14-7(13,3-9)6(12)5(11)4(10)2-8/h3-6,8,10-13H,2H2,1H3/t4-,5+,6+,7-/m1/s1. The van der Waals surface area contributed by atoms with Crippen LogP contribution in [0.1, 0.15) is 0 Å². The molecule has 0 rings (SSSR count). The molecule has 7 nitrogen and oxygen atoms in total. The first-order valence-electron chi connectivity index (χ1n) is 3.81. The molecule has 0 aromatic carbocycles. The maximum Gasteiger partial charge on any atom is 0.252 e. The quantitative estimate of drug-likeness (QED) is 0.228. The van der Waals surface area contributed by atoms with Crippen molar-refractivity contribution < 1.29 is 35.1 Å². The summed E-state index contributed by atoms with van der Waals surface area (Å²) in [5, 5.41) is 44.9. The Labute approximate surface area is 80.2 Å². The lowest BCUT2D eigenvalue weighted by Crippen LogP contribution is -2.55. The first-order chi connectivity index (χ1) is 6.42. The smallest absolute Gasteiger partial charge is 0.252 e. The van der Waals surface area contributed by atoms with Gasteiger partial charge in [-0.25, -0.2) is 0 Å². The van der Waals surface area contributed by atoms with E-state index in [2.05, 4.69) is 4.74 Å². The van der Waals surface area contributed by atoms with E-state index in [-0.39, 0.29) is 6.29 Å². The topological polar surface area (TPSA) is 127 Å². The summed E-state index contributed by atoms with van der Waals surface area (Å²) in [6, 6.07) is 0. The maximum absolute atomic E-state index is 10.3. The van der Waals surface area contributed by atoms with E-state index in [1.165, 1.54) is 0 Å². The molecule has 0 spiro atoms. The molecule has 0 amide bonds. The van der Waals surface area contributed by atoms with Crippen LogP contribution in [0.15, 0.2) is 0 Å². The van der Waals surface area contributed by atoms with Crippen molar-refractivity contribution in [3.05, 3.63) is 0 Å². The Morgan fingerprint density at radius 3 is 2.21 bits per heavy atom. The largest absolute Gasteiger partial charge is 0.394 e. The third-order valence-electron chi connectivity index (χ3n) is 1.82. The summed E-state index contributed by atoms with van der Waals surface area (Å²) in [6.07, 6.45) is -5.74. The number of rotatable bonds is 6. The zero-order valence-electron chi connectivity index (χ0n) is 7.57. The Hall–Kier alpha value is -0.570. The molecule has 0 unspecified atom stereocenters. The van der Waals surface area contributed by atoms with E-state index in [1.54, 1.807) is 0 Å². The zero-order valence-corrected chi connectivity index (χ0v) is 7.57. The molecule has 0 heterocycles. The van der Waals surface area contributed by atoms with Crippen LogP contribution < -0.4 is 0 Å². The Bertz CT molecular complexity index is 185. The number of aliphatic hydroxyl groups is 5. The molecule has 14 heavy (non-hydrogen) atoms. The van der Waals surface area contributed by atoms with Crippen LogP contribution >= 0.6 is 0 Å². The van der Waals surface area contributed by atoms with Crippen molar-refractivity contribution >= 4 is 6.29 Å². The summed E-state index contributed by atoms with van der Waals surface area (Å²) in [5.74, 6) is -2.60. The molecule has 84 valence electrons. The second-order valence-corrected chi connectivity index (χ2v) is 2.76. The first kappa shape index (κ1) is 13.4. The number of aldehydes is 1. The van der Waals surface area contributed by atoms with Crippen molar-refractivity contribution in [3.63, 3.8) is 0 Å². The fourth-order valence-corrected chi connectivity index (χ4v) is 0.802. The number of hydrogen-bond acceptors (Lipinski definition) is 7. The van der Waals surface area contributed by atoms with E-state index in [1.807, 2.05) is 0 Å². The van der Waals surface area contributed by atoms with Gasteiger partial charge in [0.1, 0.15) is 18.3 Å². The number of aliphatic hydroxyl groups excluding tert-OH is 4. The summed E-state index contributed by atoms with van der Waals surface area (Å²) in [6.45, 7) is -0.823. The lowest BCUT2D eigenvalue weighted by molar-refractivity contribution is -0.249. The molecule has 0 saturated carbocycles. The van der Waals surface area contributed by atoms with Gasteiger partial charge < -0.3 is 30.3 Å². The van der Waals surface area contributed by atoms with E-state index in [0.717, 1.165) is 7.11 Å². The van der Waals surface area contributed by atoms with Crippen LogP contribution in [0.5, 0.6) is 0 Å². The summed E-state index contributed by atoms with van der Waals surface area (Å²) in [5.41, 5.74) is 0. The lowest BCUT2D eigenvalue weighted by atomic mass is 10.0. The van der Waals surface area contributed by atoms with Crippen LogP contribution in [-0.4, -0.2) is 69.6 Å². The van der Waals surface area contributed by atoms with Crippen molar-refractivity contribution in [2.45, 2.75) is 24.1 Å². The van der Waals surface area contributed by atoms with Gasteiger partial charge in [-0.2, -0.15) is 0 Å². The van der Waals surface area contributed by atoms with E-state index >= 15 is 0 Å². The average Bonchev–Trinajstić information content (AvgIpc) is 2.24. The molecule has 7 heteroatoms. The summed E-state index contributed by atoms with van der Waals surface area (Å²) >= 11 is 0. The molecule has 0 bridgehead atoms. The third-order valence-corrected chi connectivity index (χ3v) is 1.82. The second kappa shape index (κ2) is 5.35. The SMILES string of the molecule is CO[C@](O)(C=O)[C@@H](O)[C@@H](O)[C@H](O)CO. The average molecular weight is 210 g/mol. The molecule has 0 fully saturated rings. The molecule has 0 aromatic heterocycles. The van der Waals surface area contributed by atoms with Gasteiger partial charge in [0.25, 0.3) is 5.79 Å². The van der Waals surface area contributed by atoms with Gasteiger partial charge in [0.15, 0.2) is 6.29 Å². The van der Waals surface area contributed by atoms with Gasteiger partial charge >= 0.3 is 0 Å². The minimum atomic E-state index is -2.60. The van der Waals surface area contributed by atoms with Crippen LogP contribution in [0.2, 0.25) is 0 Å². The maximum atomic E-state index is 10.3. The first-order valence-corrected chi connectivity index (χ1v) is 3.81. The minimum absolute atomic E-state index is 0.120. The molecular weight excluding hydrogens is 196 g/mol. The molecule has 0 saturated heterocycles.